The van der Waals surface area contributed by atoms with Crippen molar-refractivity contribution in [2.24, 2.45) is 0 Å². The number of hydrogen-bond acceptors (Lipinski definition) is 4. The van der Waals surface area contributed by atoms with Crippen LogP contribution in [-0.2, 0) is 5.75 Å². The van der Waals surface area contributed by atoms with E-state index in [2.05, 4.69) is 24.0 Å². The van der Waals surface area contributed by atoms with Crippen LogP contribution in [0.25, 0.3) is 0 Å². The number of aryl methyl sites for hydroxylation is 2. The Morgan fingerprint density at radius 1 is 1.22 bits per heavy atom. The van der Waals surface area contributed by atoms with Gasteiger partial charge in [-0.15, -0.1) is 11.8 Å². The predicted octanol–water partition coefficient (Wildman–Crippen LogP) is 3.28. The van der Waals surface area contributed by atoms with E-state index in [-0.39, 0.29) is 5.75 Å². The Morgan fingerprint density at radius 2 is 2.00 bits per heavy atom. The lowest BCUT2D eigenvalue weighted by atomic mass is 10.2. The highest BCUT2D eigenvalue weighted by atomic mass is 32.2. The minimum atomic E-state index is 0.133. The van der Waals surface area contributed by atoms with E-state index in [1.807, 2.05) is 13.0 Å². The normalized spacial score (nSPS) is 10.6. The molecule has 1 aromatic heterocycles. The maximum Gasteiger partial charge on any atom is 0.138 e. The van der Waals surface area contributed by atoms with Crippen molar-refractivity contribution in [3.05, 3.63) is 47.2 Å². The summed E-state index contributed by atoms with van der Waals surface area (Å²) in [5, 5.41) is 10.4. The molecule has 0 aliphatic carbocycles. The number of nitrogens with zero attached hydrogens (tertiary/aromatic N) is 1. The summed E-state index contributed by atoms with van der Waals surface area (Å²) in [6.07, 6.45) is 0. The standard InChI is InChI=1S/C14H16N2OS/c1-9-5-10(2)16-14(6-9)18-8-11-3-4-13(17)12(15)7-11/h3-7,17H,8,15H2,1-2H3. The first-order chi connectivity index (χ1) is 8.54. The van der Waals surface area contributed by atoms with Gasteiger partial charge in [0.15, 0.2) is 0 Å². The minimum absolute atomic E-state index is 0.133. The highest BCUT2D eigenvalue weighted by Gasteiger charge is 2.02. The molecule has 0 spiro atoms. The monoisotopic (exact) mass is 260 g/mol. The van der Waals surface area contributed by atoms with Crippen molar-refractivity contribution in [2.75, 3.05) is 5.73 Å². The average molecular weight is 260 g/mol. The summed E-state index contributed by atoms with van der Waals surface area (Å²) in [4.78, 5) is 4.47. The van der Waals surface area contributed by atoms with E-state index >= 15 is 0 Å². The zero-order valence-corrected chi connectivity index (χ0v) is 11.3. The van der Waals surface area contributed by atoms with Gasteiger partial charge in [0.1, 0.15) is 5.75 Å². The lowest BCUT2D eigenvalue weighted by Gasteiger charge is -2.05. The van der Waals surface area contributed by atoms with Crippen LogP contribution < -0.4 is 5.73 Å². The van der Waals surface area contributed by atoms with Crippen LogP contribution in [0.2, 0.25) is 0 Å². The Bertz CT molecular complexity index is 549. The number of aromatic hydroxyl groups is 1. The Labute approximate surface area is 111 Å². The first-order valence-corrected chi connectivity index (χ1v) is 6.68. The molecule has 0 aliphatic rings. The molecular weight excluding hydrogens is 244 g/mol. The van der Waals surface area contributed by atoms with Gasteiger partial charge in [0.2, 0.25) is 0 Å². The summed E-state index contributed by atoms with van der Waals surface area (Å²) in [7, 11) is 0. The molecular formula is C14H16N2OS. The third kappa shape index (κ3) is 3.17. The second-order valence-electron chi connectivity index (χ2n) is 4.31. The summed E-state index contributed by atoms with van der Waals surface area (Å²) in [6.45, 7) is 4.06. The topological polar surface area (TPSA) is 59.1 Å². The van der Waals surface area contributed by atoms with Gasteiger partial charge in [0.05, 0.1) is 10.7 Å². The van der Waals surface area contributed by atoms with E-state index in [1.54, 1.807) is 23.9 Å². The van der Waals surface area contributed by atoms with E-state index in [9.17, 15) is 5.11 Å². The fraction of sp³-hybridized carbons (Fsp3) is 0.214. The van der Waals surface area contributed by atoms with Crippen molar-refractivity contribution in [1.82, 2.24) is 4.98 Å². The number of pyridine rings is 1. The fourth-order valence-electron chi connectivity index (χ4n) is 1.73. The van der Waals surface area contributed by atoms with Crippen molar-refractivity contribution in [1.29, 1.82) is 0 Å². The van der Waals surface area contributed by atoms with Crippen molar-refractivity contribution in [3.8, 4) is 5.75 Å². The summed E-state index contributed by atoms with van der Waals surface area (Å²) >= 11 is 1.67. The predicted molar refractivity (Wildman–Crippen MR) is 75.8 cm³/mol. The quantitative estimate of drug-likeness (QED) is 0.505. The fourth-order valence-corrected chi connectivity index (χ4v) is 2.70. The number of nitrogen functional groups attached to an aromatic ring is 1. The lowest BCUT2D eigenvalue weighted by Crippen LogP contribution is -1.90. The van der Waals surface area contributed by atoms with Crippen LogP contribution in [-0.4, -0.2) is 10.1 Å². The van der Waals surface area contributed by atoms with E-state index in [0.717, 1.165) is 22.0 Å². The zero-order valence-electron chi connectivity index (χ0n) is 10.5. The molecule has 0 aliphatic heterocycles. The second-order valence-corrected chi connectivity index (χ2v) is 5.30. The third-order valence-corrected chi connectivity index (χ3v) is 3.54. The molecule has 0 fully saturated rings. The molecule has 94 valence electrons. The van der Waals surface area contributed by atoms with Crippen LogP contribution in [0.1, 0.15) is 16.8 Å². The van der Waals surface area contributed by atoms with Gasteiger partial charge in [0.25, 0.3) is 0 Å². The number of benzene rings is 1. The van der Waals surface area contributed by atoms with Gasteiger partial charge in [0, 0.05) is 11.4 Å². The van der Waals surface area contributed by atoms with Gasteiger partial charge in [-0.3, -0.25) is 0 Å². The molecule has 0 amide bonds. The van der Waals surface area contributed by atoms with Gasteiger partial charge in [-0.25, -0.2) is 4.98 Å². The van der Waals surface area contributed by atoms with Gasteiger partial charge >= 0.3 is 0 Å². The number of thioether (sulfide) groups is 1. The molecule has 0 saturated carbocycles. The molecule has 3 N–H and O–H groups in total. The van der Waals surface area contributed by atoms with Crippen LogP contribution in [0.3, 0.4) is 0 Å². The molecule has 0 atom stereocenters. The summed E-state index contributed by atoms with van der Waals surface area (Å²) in [6, 6.07) is 9.43. The van der Waals surface area contributed by atoms with Crippen molar-refractivity contribution in [3.63, 3.8) is 0 Å². The number of nitrogens with two attached hydrogens (primary N) is 1. The summed E-state index contributed by atoms with van der Waals surface area (Å²) < 4.78 is 0. The molecule has 2 rings (SSSR count). The molecule has 4 heteroatoms. The number of anilines is 1. The molecule has 2 aromatic rings. The molecule has 0 radical (unpaired) electrons. The highest BCUT2D eigenvalue weighted by molar-refractivity contribution is 7.98. The van der Waals surface area contributed by atoms with Crippen molar-refractivity contribution < 1.29 is 5.11 Å². The number of phenolic OH excluding ortho intramolecular Hbond substituents is 1. The zero-order chi connectivity index (χ0) is 13.1. The molecule has 0 saturated heterocycles. The molecule has 3 nitrogen and oxygen atoms in total. The average Bonchev–Trinajstić information content (AvgIpc) is 2.29. The number of aromatic nitrogens is 1. The number of phenols is 1. The summed E-state index contributed by atoms with van der Waals surface area (Å²) in [5.41, 5.74) is 9.41. The highest BCUT2D eigenvalue weighted by Crippen LogP contribution is 2.26. The Hall–Kier alpha value is -1.68. The van der Waals surface area contributed by atoms with Gasteiger partial charge in [-0.05, 0) is 49.2 Å². The van der Waals surface area contributed by atoms with E-state index in [0.29, 0.717) is 5.69 Å². The van der Waals surface area contributed by atoms with E-state index < -0.39 is 0 Å². The van der Waals surface area contributed by atoms with Gasteiger partial charge in [-0.2, -0.15) is 0 Å². The number of hydrogen-bond donors (Lipinski definition) is 2. The molecule has 1 aromatic carbocycles. The van der Waals surface area contributed by atoms with Crippen LogP contribution in [0, 0.1) is 13.8 Å². The molecule has 0 unspecified atom stereocenters. The second kappa shape index (κ2) is 5.31. The maximum absolute atomic E-state index is 9.36. The first-order valence-electron chi connectivity index (χ1n) is 5.70. The minimum Gasteiger partial charge on any atom is -0.506 e. The van der Waals surface area contributed by atoms with Gasteiger partial charge in [-0.1, -0.05) is 6.07 Å². The van der Waals surface area contributed by atoms with E-state index in [1.165, 1.54) is 5.56 Å². The van der Waals surface area contributed by atoms with Crippen molar-refractivity contribution >= 4 is 17.4 Å². The van der Waals surface area contributed by atoms with Gasteiger partial charge < -0.3 is 10.8 Å². The smallest absolute Gasteiger partial charge is 0.138 e. The Balaban J connectivity index is 2.08. The number of rotatable bonds is 3. The Kier molecular flexibility index (Phi) is 3.77. The van der Waals surface area contributed by atoms with Crippen LogP contribution >= 0.6 is 11.8 Å². The molecule has 18 heavy (non-hydrogen) atoms. The molecule has 0 bridgehead atoms. The van der Waals surface area contributed by atoms with E-state index in [4.69, 9.17) is 5.73 Å². The SMILES string of the molecule is Cc1cc(C)nc(SCc2ccc(O)c(N)c2)c1. The van der Waals surface area contributed by atoms with Crippen LogP contribution in [0.5, 0.6) is 5.75 Å². The third-order valence-electron chi connectivity index (χ3n) is 2.55. The van der Waals surface area contributed by atoms with Crippen molar-refractivity contribution in [2.45, 2.75) is 24.6 Å². The summed E-state index contributed by atoms with van der Waals surface area (Å²) in [5.74, 6) is 0.925. The first kappa shape index (κ1) is 12.8. The van der Waals surface area contributed by atoms with Crippen LogP contribution in [0.15, 0.2) is 35.4 Å². The Morgan fingerprint density at radius 3 is 2.67 bits per heavy atom. The largest absolute Gasteiger partial charge is 0.506 e. The van der Waals surface area contributed by atoms with Crippen LogP contribution in [0.4, 0.5) is 5.69 Å². The maximum atomic E-state index is 9.36. The lowest BCUT2D eigenvalue weighted by molar-refractivity contribution is 0.478. The molecule has 1 heterocycles.